The molecule has 2 atom stereocenters. The van der Waals surface area contributed by atoms with E-state index in [2.05, 4.69) is 10.2 Å². The van der Waals surface area contributed by atoms with Crippen molar-refractivity contribution in [1.82, 2.24) is 15.1 Å². The van der Waals surface area contributed by atoms with Crippen molar-refractivity contribution in [3.8, 4) is 0 Å². The highest BCUT2D eigenvalue weighted by Crippen LogP contribution is 2.22. The van der Waals surface area contributed by atoms with Crippen LogP contribution in [0.4, 0.5) is 4.79 Å². The fourth-order valence-electron chi connectivity index (χ4n) is 4.08. The van der Waals surface area contributed by atoms with Gasteiger partial charge in [-0.1, -0.05) is 0 Å². The molecule has 9 heteroatoms. The number of primary amides is 1. The topological polar surface area (TPSA) is 100 Å². The first-order valence-corrected chi connectivity index (χ1v) is 11.0. The van der Waals surface area contributed by atoms with Gasteiger partial charge in [0.15, 0.2) is 5.96 Å². The molecular formula is C21H40IN5O3. The highest BCUT2D eigenvalue weighted by molar-refractivity contribution is 14.0. The standard InChI is InChI=1S/C21H39N5O3.HI/c1-5-23-19(25-11-8-9-16(15-25)13-18(22)27)24-14-17-10-6-7-12-26(17)20(28)29-21(2,3)4;/h16-17H,5-15H2,1-4H3,(H2,22,27)(H,23,24);1H. The third-order valence-electron chi connectivity index (χ3n) is 5.35. The molecule has 2 rings (SSSR count). The number of nitrogens with zero attached hydrogens (tertiary/aromatic N) is 3. The van der Waals surface area contributed by atoms with Gasteiger partial charge in [0.25, 0.3) is 0 Å². The van der Waals surface area contributed by atoms with Crippen LogP contribution in [0.2, 0.25) is 0 Å². The van der Waals surface area contributed by atoms with E-state index in [1.807, 2.05) is 32.6 Å². The lowest BCUT2D eigenvalue weighted by Crippen LogP contribution is -2.49. The summed E-state index contributed by atoms with van der Waals surface area (Å²) in [5, 5.41) is 3.37. The molecule has 0 saturated carbocycles. The normalized spacial score (nSPS) is 22.9. The summed E-state index contributed by atoms with van der Waals surface area (Å²) in [7, 11) is 0. The molecule has 2 aliphatic rings. The van der Waals surface area contributed by atoms with Crippen molar-refractivity contribution >= 4 is 41.9 Å². The second kappa shape index (κ2) is 12.6. The molecule has 0 spiro atoms. The van der Waals surface area contributed by atoms with Crippen molar-refractivity contribution in [2.24, 2.45) is 16.6 Å². The summed E-state index contributed by atoms with van der Waals surface area (Å²) in [4.78, 5) is 32.9. The first-order valence-electron chi connectivity index (χ1n) is 11.0. The lowest BCUT2D eigenvalue weighted by atomic mass is 9.95. The number of hydrogen-bond acceptors (Lipinski definition) is 4. The van der Waals surface area contributed by atoms with Crippen LogP contribution in [-0.4, -0.2) is 72.1 Å². The van der Waals surface area contributed by atoms with Gasteiger partial charge < -0.3 is 25.6 Å². The van der Waals surface area contributed by atoms with Crippen LogP contribution in [0.15, 0.2) is 4.99 Å². The number of piperidine rings is 2. The number of likely N-dealkylation sites (tertiary alicyclic amines) is 2. The van der Waals surface area contributed by atoms with E-state index in [0.29, 0.717) is 13.0 Å². The van der Waals surface area contributed by atoms with Crippen LogP contribution in [0.3, 0.4) is 0 Å². The summed E-state index contributed by atoms with van der Waals surface area (Å²) in [6.45, 7) is 11.5. The molecule has 2 saturated heterocycles. The third-order valence-corrected chi connectivity index (χ3v) is 5.35. The Bertz CT molecular complexity index is 594. The second-order valence-corrected chi connectivity index (χ2v) is 9.14. The SMILES string of the molecule is CCNC(=NCC1CCCCN1C(=O)OC(C)(C)C)N1CCCC(CC(N)=O)C1.I. The summed E-state index contributed by atoms with van der Waals surface area (Å²) in [5.41, 5.74) is 4.89. The maximum Gasteiger partial charge on any atom is 0.410 e. The number of carbonyl (C=O) groups is 2. The molecule has 2 unspecified atom stereocenters. The Balaban J connectivity index is 0.00000450. The van der Waals surface area contributed by atoms with Crippen LogP contribution < -0.4 is 11.1 Å². The van der Waals surface area contributed by atoms with Crippen LogP contribution in [0.25, 0.3) is 0 Å². The maximum absolute atomic E-state index is 12.6. The first kappa shape index (κ1) is 26.8. The number of rotatable bonds is 5. The Morgan fingerprint density at radius 3 is 2.53 bits per heavy atom. The van der Waals surface area contributed by atoms with E-state index in [-0.39, 0.29) is 47.9 Å². The molecule has 0 aromatic carbocycles. The van der Waals surface area contributed by atoms with Gasteiger partial charge in [-0.2, -0.15) is 0 Å². The number of carbonyl (C=O) groups excluding carboxylic acids is 2. The Morgan fingerprint density at radius 1 is 1.17 bits per heavy atom. The molecule has 30 heavy (non-hydrogen) atoms. The molecule has 3 N–H and O–H groups in total. The van der Waals surface area contributed by atoms with E-state index < -0.39 is 5.60 Å². The van der Waals surface area contributed by atoms with E-state index in [4.69, 9.17) is 15.5 Å². The van der Waals surface area contributed by atoms with Gasteiger partial charge in [-0.15, -0.1) is 24.0 Å². The molecule has 2 amide bonds. The number of halogens is 1. The predicted molar refractivity (Wildman–Crippen MR) is 130 cm³/mol. The van der Waals surface area contributed by atoms with E-state index in [1.165, 1.54) is 0 Å². The lowest BCUT2D eigenvalue weighted by molar-refractivity contribution is -0.119. The second-order valence-electron chi connectivity index (χ2n) is 9.14. The van der Waals surface area contributed by atoms with Crippen molar-refractivity contribution < 1.29 is 14.3 Å². The molecule has 0 aromatic heterocycles. The highest BCUT2D eigenvalue weighted by atomic mass is 127. The summed E-state index contributed by atoms with van der Waals surface area (Å²) >= 11 is 0. The van der Waals surface area contributed by atoms with Gasteiger partial charge in [-0.3, -0.25) is 9.79 Å². The molecule has 2 heterocycles. The number of amides is 2. The van der Waals surface area contributed by atoms with Gasteiger partial charge in [0.1, 0.15) is 5.60 Å². The van der Waals surface area contributed by atoms with Crippen LogP contribution in [0.5, 0.6) is 0 Å². The summed E-state index contributed by atoms with van der Waals surface area (Å²) in [5.74, 6) is 0.892. The Kier molecular flexibility index (Phi) is 11.2. The smallest absolute Gasteiger partial charge is 0.410 e. The molecule has 2 aliphatic heterocycles. The molecule has 0 aromatic rings. The largest absolute Gasteiger partial charge is 0.444 e. The van der Waals surface area contributed by atoms with E-state index in [1.54, 1.807) is 0 Å². The minimum absolute atomic E-state index is 0. The van der Waals surface area contributed by atoms with Crippen LogP contribution in [-0.2, 0) is 9.53 Å². The lowest BCUT2D eigenvalue weighted by Gasteiger charge is -2.37. The zero-order valence-electron chi connectivity index (χ0n) is 19.0. The average molecular weight is 537 g/mol. The summed E-state index contributed by atoms with van der Waals surface area (Å²) < 4.78 is 5.60. The van der Waals surface area contributed by atoms with Gasteiger partial charge in [0, 0.05) is 32.6 Å². The zero-order chi connectivity index (χ0) is 21.4. The minimum Gasteiger partial charge on any atom is -0.444 e. The quantitative estimate of drug-likeness (QED) is 0.319. The molecule has 174 valence electrons. The van der Waals surface area contributed by atoms with Crippen molar-refractivity contribution in [1.29, 1.82) is 0 Å². The van der Waals surface area contributed by atoms with Crippen molar-refractivity contribution in [3.05, 3.63) is 0 Å². The monoisotopic (exact) mass is 537 g/mol. The van der Waals surface area contributed by atoms with Crippen molar-refractivity contribution in [2.45, 2.75) is 77.9 Å². The number of nitrogens with one attached hydrogen (secondary N) is 1. The van der Waals surface area contributed by atoms with Crippen LogP contribution >= 0.6 is 24.0 Å². The number of nitrogens with two attached hydrogens (primary N) is 1. The van der Waals surface area contributed by atoms with Crippen LogP contribution in [0, 0.1) is 5.92 Å². The molecule has 2 fully saturated rings. The Hall–Kier alpha value is -1.26. The summed E-state index contributed by atoms with van der Waals surface area (Å²) in [6.07, 6.45) is 5.25. The molecule has 0 bridgehead atoms. The third kappa shape index (κ3) is 8.85. The molecule has 0 radical (unpaired) electrons. The highest BCUT2D eigenvalue weighted by Gasteiger charge is 2.31. The van der Waals surface area contributed by atoms with E-state index in [9.17, 15) is 9.59 Å². The average Bonchev–Trinajstić information content (AvgIpc) is 2.63. The van der Waals surface area contributed by atoms with E-state index >= 15 is 0 Å². The van der Waals surface area contributed by atoms with Gasteiger partial charge in [-0.05, 0) is 65.7 Å². The molecular weight excluding hydrogens is 497 g/mol. The first-order chi connectivity index (χ1) is 13.7. The minimum atomic E-state index is -0.499. The Labute approximate surface area is 198 Å². The van der Waals surface area contributed by atoms with E-state index in [0.717, 1.165) is 64.2 Å². The summed E-state index contributed by atoms with van der Waals surface area (Å²) in [6, 6.07) is 0.0541. The number of ether oxygens (including phenoxy) is 1. The number of aliphatic imine (C=N–C) groups is 1. The van der Waals surface area contributed by atoms with Crippen molar-refractivity contribution in [3.63, 3.8) is 0 Å². The van der Waals surface area contributed by atoms with Crippen LogP contribution in [0.1, 0.15) is 66.2 Å². The molecule has 0 aliphatic carbocycles. The fraction of sp³-hybridized carbons (Fsp3) is 0.857. The maximum atomic E-state index is 12.6. The fourth-order valence-corrected chi connectivity index (χ4v) is 4.08. The van der Waals surface area contributed by atoms with Gasteiger partial charge in [0.05, 0.1) is 12.6 Å². The van der Waals surface area contributed by atoms with Crippen molar-refractivity contribution in [2.75, 3.05) is 32.7 Å². The van der Waals surface area contributed by atoms with Gasteiger partial charge in [-0.25, -0.2) is 4.79 Å². The predicted octanol–water partition coefficient (Wildman–Crippen LogP) is 2.95. The number of guanidine groups is 1. The van der Waals surface area contributed by atoms with Gasteiger partial charge in [0.2, 0.25) is 5.91 Å². The number of hydrogen-bond donors (Lipinski definition) is 2. The Morgan fingerprint density at radius 2 is 1.90 bits per heavy atom. The molecule has 8 nitrogen and oxygen atoms in total. The van der Waals surface area contributed by atoms with Gasteiger partial charge >= 0.3 is 6.09 Å². The zero-order valence-corrected chi connectivity index (χ0v) is 21.3.